The van der Waals surface area contributed by atoms with E-state index in [9.17, 15) is 5.11 Å². The molecule has 0 saturated carbocycles. The van der Waals surface area contributed by atoms with Crippen molar-refractivity contribution in [2.24, 2.45) is 0 Å². The third-order valence-electron chi connectivity index (χ3n) is 2.50. The van der Waals surface area contributed by atoms with Crippen molar-refractivity contribution < 1.29 is 5.11 Å². The first-order valence-electron chi connectivity index (χ1n) is 5.40. The molecule has 0 radical (unpaired) electrons. The van der Waals surface area contributed by atoms with Crippen LogP contribution in [0.2, 0.25) is 5.02 Å². The van der Waals surface area contributed by atoms with Gasteiger partial charge < -0.3 is 10.4 Å². The molecule has 0 fully saturated rings. The van der Waals surface area contributed by atoms with E-state index in [2.05, 4.69) is 11.4 Å². The first-order chi connectivity index (χ1) is 8.69. The summed E-state index contributed by atoms with van der Waals surface area (Å²) in [4.78, 5) is 0. The van der Waals surface area contributed by atoms with Crippen LogP contribution in [0.3, 0.4) is 0 Å². The van der Waals surface area contributed by atoms with Crippen LogP contribution in [0, 0.1) is 11.3 Å². The summed E-state index contributed by atoms with van der Waals surface area (Å²) in [6.07, 6.45) is 0. The highest BCUT2D eigenvalue weighted by Gasteiger charge is 2.00. The molecule has 0 saturated heterocycles. The molecule has 0 aliphatic carbocycles. The molecule has 3 nitrogen and oxygen atoms in total. The first-order valence-corrected chi connectivity index (χ1v) is 5.78. The number of rotatable bonds is 3. The van der Waals surface area contributed by atoms with Crippen molar-refractivity contribution in [1.29, 1.82) is 5.26 Å². The molecular formula is C14H11ClN2O. The Kier molecular flexibility index (Phi) is 3.71. The van der Waals surface area contributed by atoms with Gasteiger partial charge in [0.15, 0.2) is 0 Å². The molecule has 0 unspecified atom stereocenters. The molecule has 0 aliphatic heterocycles. The Morgan fingerprint density at radius 1 is 1.22 bits per heavy atom. The largest absolute Gasteiger partial charge is 0.506 e. The maximum Gasteiger partial charge on any atom is 0.134 e. The van der Waals surface area contributed by atoms with Crippen LogP contribution in [-0.4, -0.2) is 5.11 Å². The lowest BCUT2D eigenvalue weighted by Gasteiger charge is -2.07. The van der Waals surface area contributed by atoms with E-state index in [1.807, 2.05) is 12.1 Å². The highest BCUT2D eigenvalue weighted by molar-refractivity contribution is 6.32. The molecule has 90 valence electrons. The summed E-state index contributed by atoms with van der Waals surface area (Å²) in [5, 5.41) is 21.6. The average Bonchev–Trinajstić information content (AvgIpc) is 2.40. The molecule has 0 aromatic heterocycles. The predicted molar refractivity (Wildman–Crippen MR) is 71.6 cm³/mol. The van der Waals surface area contributed by atoms with Gasteiger partial charge in [-0.3, -0.25) is 0 Å². The number of benzene rings is 2. The standard InChI is InChI=1S/C14H11ClN2O/c15-13-7-11(4-5-14(13)18)9-17-12-3-1-2-10(6-12)8-16/h1-7,17-18H,9H2. The summed E-state index contributed by atoms with van der Waals surface area (Å²) in [7, 11) is 0. The van der Waals surface area contributed by atoms with E-state index >= 15 is 0 Å². The van der Waals surface area contributed by atoms with E-state index in [4.69, 9.17) is 16.9 Å². The molecule has 2 aromatic carbocycles. The quantitative estimate of drug-likeness (QED) is 0.886. The lowest BCUT2D eigenvalue weighted by atomic mass is 10.2. The van der Waals surface area contributed by atoms with Crippen molar-refractivity contribution in [3.05, 3.63) is 58.6 Å². The Bertz CT molecular complexity index is 605. The monoisotopic (exact) mass is 258 g/mol. The van der Waals surface area contributed by atoms with E-state index in [-0.39, 0.29) is 5.75 Å². The zero-order valence-electron chi connectivity index (χ0n) is 9.52. The van der Waals surface area contributed by atoms with Gasteiger partial charge in [-0.05, 0) is 35.9 Å². The second-order valence-electron chi connectivity index (χ2n) is 3.83. The van der Waals surface area contributed by atoms with Crippen LogP contribution in [0.25, 0.3) is 0 Å². The molecular weight excluding hydrogens is 248 g/mol. The minimum atomic E-state index is 0.0758. The molecule has 0 aliphatic rings. The van der Waals surface area contributed by atoms with E-state index in [0.29, 0.717) is 17.1 Å². The normalized spacial score (nSPS) is 9.78. The van der Waals surface area contributed by atoms with Crippen molar-refractivity contribution in [3.63, 3.8) is 0 Å². The maximum absolute atomic E-state index is 9.31. The fourth-order valence-electron chi connectivity index (χ4n) is 1.56. The van der Waals surface area contributed by atoms with Crippen LogP contribution in [0.15, 0.2) is 42.5 Å². The fourth-order valence-corrected chi connectivity index (χ4v) is 1.77. The minimum Gasteiger partial charge on any atom is -0.506 e. The number of anilines is 1. The molecule has 18 heavy (non-hydrogen) atoms. The van der Waals surface area contributed by atoms with Crippen LogP contribution < -0.4 is 5.32 Å². The zero-order valence-corrected chi connectivity index (χ0v) is 10.3. The molecule has 2 aromatic rings. The highest BCUT2D eigenvalue weighted by Crippen LogP contribution is 2.24. The number of halogens is 1. The number of nitriles is 1. The topological polar surface area (TPSA) is 56.0 Å². The van der Waals surface area contributed by atoms with Crippen LogP contribution in [0.5, 0.6) is 5.75 Å². The second-order valence-corrected chi connectivity index (χ2v) is 4.24. The van der Waals surface area contributed by atoms with Gasteiger partial charge >= 0.3 is 0 Å². The van der Waals surface area contributed by atoms with Crippen molar-refractivity contribution in [2.75, 3.05) is 5.32 Å². The Morgan fingerprint density at radius 3 is 2.78 bits per heavy atom. The lowest BCUT2D eigenvalue weighted by Crippen LogP contribution is -1.99. The van der Waals surface area contributed by atoms with Crippen molar-refractivity contribution in [3.8, 4) is 11.8 Å². The molecule has 0 amide bonds. The smallest absolute Gasteiger partial charge is 0.134 e. The third kappa shape index (κ3) is 2.93. The maximum atomic E-state index is 9.31. The molecule has 4 heteroatoms. The van der Waals surface area contributed by atoms with Crippen LogP contribution in [0.1, 0.15) is 11.1 Å². The van der Waals surface area contributed by atoms with Gasteiger partial charge in [0, 0.05) is 12.2 Å². The SMILES string of the molecule is N#Cc1cccc(NCc2ccc(O)c(Cl)c2)c1. The first kappa shape index (κ1) is 12.3. The molecule has 2 N–H and O–H groups in total. The van der Waals surface area contributed by atoms with Crippen LogP contribution in [-0.2, 0) is 6.54 Å². The summed E-state index contributed by atoms with van der Waals surface area (Å²) in [5.74, 6) is 0.0758. The lowest BCUT2D eigenvalue weighted by molar-refractivity contribution is 0.475. The molecule has 0 bridgehead atoms. The van der Waals surface area contributed by atoms with Gasteiger partial charge in [-0.2, -0.15) is 5.26 Å². The van der Waals surface area contributed by atoms with Gasteiger partial charge in [-0.25, -0.2) is 0 Å². The van der Waals surface area contributed by atoms with Gasteiger partial charge in [0.05, 0.1) is 16.7 Å². The number of nitrogens with zero attached hydrogens (tertiary/aromatic N) is 1. The Labute approximate surface area is 110 Å². The number of aromatic hydroxyl groups is 1. The van der Waals surface area contributed by atoms with Crippen molar-refractivity contribution in [1.82, 2.24) is 0 Å². The Morgan fingerprint density at radius 2 is 2.06 bits per heavy atom. The summed E-state index contributed by atoms with van der Waals surface area (Å²) in [5.41, 5.74) is 2.45. The van der Waals surface area contributed by atoms with Crippen molar-refractivity contribution >= 4 is 17.3 Å². The summed E-state index contributed by atoms with van der Waals surface area (Å²) in [6, 6.07) is 14.4. The number of hydrogen-bond donors (Lipinski definition) is 2. The van der Waals surface area contributed by atoms with E-state index in [1.54, 1.807) is 30.3 Å². The van der Waals surface area contributed by atoms with E-state index in [0.717, 1.165) is 11.3 Å². The van der Waals surface area contributed by atoms with Crippen LogP contribution in [0.4, 0.5) is 5.69 Å². The van der Waals surface area contributed by atoms with E-state index < -0.39 is 0 Å². The average molecular weight is 259 g/mol. The van der Waals surface area contributed by atoms with Gasteiger partial charge in [0.2, 0.25) is 0 Å². The summed E-state index contributed by atoms with van der Waals surface area (Å²) < 4.78 is 0. The zero-order chi connectivity index (χ0) is 13.0. The molecule has 2 rings (SSSR count). The Hall–Kier alpha value is -2.18. The molecule has 0 atom stereocenters. The fraction of sp³-hybridized carbons (Fsp3) is 0.0714. The van der Waals surface area contributed by atoms with Gasteiger partial charge in [-0.1, -0.05) is 23.7 Å². The number of phenols is 1. The highest BCUT2D eigenvalue weighted by atomic mass is 35.5. The third-order valence-corrected chi connectivity index (χ3v) is 2.80. The Balaban J connectivity index is 2.07. The van der Waals surface area contributed by atoms with Crippen LogP contribution >= 0.6 is 11.6 Å². The van der Waals surface area contributed by atoms with Gasteiger partial charge in [0.1, 0.15) is 5.75 Å². The van der Waals surface area contributed by atoms with Gasteiger partial charge in [0.25, 0.3) is 0 Å². The van der Waals surface area contributed by atoms with Gasteiger partial charge in [-0.15, -0.1) is 0 Å². The van der Waals surface area contributed by atoms with E-state index in [1.165, 1.54) is 0 Å². The number of nitrogens with one attached hydrogen (secondary N) is 1. The molecule has 0 heterocycles. The summed E-state index contributed by atoms with van der Waals surface area (Å²) in [6.45, 7) is 0.578. The minimum absolute atomic E-state index is 0.0758. The predicted octanol–water partition coefficient (Wildman–Crippen LogP) is 3.53. The number of phenolic OH excluding ortho intramolecular Hbond substituents is 1. The number of hydrogen-bond acceptors (Lipinski definition) is 3. The van der Waals surface area contributed by atoms with Crippen molar-refractivity contribution in [2.45, 2.75) is 6.54 Å². The molecule has 0 spiro atoms. The second kappa shape index (κ2) is 5.44. The summed E-state index contributed by atoms with van der Waals surface area (Å²) >= 11 is 5.82.